The quantitative estimate of drug-likeness (QED) is 0.176. The average Bonchev–Trinajstić information content (AvgIpc) is 3.74. The van der Waals surface area contributed by atoms with E-state index < -0.39 is 0 Å². The predicted octanol–water partition coefficient (Wildman–Crippen LogP) is 9.19. The Morgan fingerprint density at radius 1 is 0.468 bits per heavy atom. The zero-order valence-corrected chi connectivity index (χ0v) is 26.0. The molecule has 0 bridgehead atoms. The molecule has 0 radical (unpaired) electrons. The summed E-state index contributed by atoms with van der Waals surface area (Å²) in [6.45, 7) is 2.46. The van der Waals surface area contributed by atoms with Crippen molar-refractivity contribution in [2.75, 3.05) is 0 Å². The molecule has 0 saturated carbocycles. The molecule has 0 fully saturated rings. The minimum atomic E-state index is -0.215. The van der Waals surface area contributed by atoms with Crippen LogP contribution in [0.15, 0.2) is 158 Å². The van der Waals surface area contributed by atoms with Gasteiger partial charge < -0.3 is 9.05 Å². The molecule has 0 saturated heterocycles. The molecule has 0 N–H and O–H groups in total. The maximum atomic E-state index is 2.69. The molecule has 11 rings (SSSR count). The highest BCUT2D eigenvalue weighted by atomic mass is 15.0. The van der Waals surface area contributed by atoms with Gasteiger partial charge in [0.2, 0.25) is 0 Å². The van der Waals surface area contributed by atoms with E-state index in [2.05, 4.69) is 174 Å². The van der Waals surface area contributed by atoms with Crippen LogP contribution in [0, 0.1) is 0 Å². The van der Waals surface area contributed by atoms with Crippen LogP contribution in [-0.2, 0) is 5.41 Å². The number of para-hydroxylation sites is 3. The Hall–Kier alpha value is -5.80. The molecule has 0 spiro atoms. The zero-order valence-electron chi connectivity index (χ0n) is 26.0. The van der Waals surface area contributed by atoms with Crippen molar-refractivity contribution in [1.82, 2.24) is 9.05 Å². The van der Waals surface area contributed by atoms with Gasteiger partial charge in [0.1, 0.15) is 0 Å². The standard InChI is InChI=1S/C44H29BN2/c1-44-34-20-8-5-16-29(34)31-19-13-23-37(42(31)44)45(36-22-10-9-21-35(36)44)47-39-25-12-6-17-30(39)32-26-27-40-41(43(32)47)33-18-7-11-24-38(33)46(40)28-14-3-2-4-15-28/h2-27H,1H3. The minimum Gasteiger partial charge on any atom is -0.375 e. The van der Waals surface area contributed by atoms with Gasteiger partial charge in [-0.2, -0.15) is 0 Å². The molecular weight excluding hydrogens is 567 g/mol. The number of hydrogen-bond acceptors (Lipinski definition) is 0. The van der Waals surface area contributed by atoms with Crippen LogP contribution in [0.4, 0.5) is 0 Å². The molecule has 218 valence electrons. The Morgan fingerprint density at radius 3 is 2.00 bits per heavy atom. The number of rotatable bonds is 2. The second-order valence-corrected chi connectivity index (χ2v) is 13.4. The van der Waals surface area contributed by atoms with Crippen LogP contribution in [-0.4, -0.2) is 15.9 Å². The first-order valence-corrected chi connectivity index (χ1v) is 16.6. The predicted molar refractivity (Wildman–Crippen MR) is 198 cm³/mol. The van der Waals surface area contributed by atoms with E-state index >= 15 is 0 Å². The monoisotopic (exact) mass is 596 g/mol. The fourth-order valence-corrected chi connectivity index (χ4v) is 9.45. The van der Waals surface area contributed by atoms with E-state index in [1.54, 1.807) is 0 Å². The van der Waals surface area contributed by atoms with Gasteiger partial charge in [-0.15, -0.1) is 0 Å². The summed E-state index contributed by atoms with van der Waals surface area (Å²) in [7, 11) is 0. The lowest BCUT2D eigenvalue weighted by Gasteiger charge is -2.39. The van der Waals surface area contributed by atoms with Crippen LogP contribution in [0.3, 0.4) is 0 Å². The fourth-order valence-electron chi connectivity index (χ4n) is 9.45. The highest BCUT2D eigenvalue weighted by molar-refractivity contribution is 6.87. The van der Waals surface area contributed by atoms with Crippen LogP contribution in [0.2, 0.25) is 0 Å². The molecule has 1 atom stereocenters. The van der Waals surface area contributed by atoms with E-state index in [0.29, 0.717) is 0 Å². The van der Waals surface area contributed by atoms with Gasteiger partial charge in [-0.3, -0.25) is 0 Å². The van der Waals surface area contributed by atoms with Crippen molar-refractivity contribution < 1.29 is 0 Å². The topological polar surface area (TPSA) is 9.86 Å². The van der Waals surface area contributed by atoms with Crippen molar-refractivity contribution in [3.05, 3.63) is 174 Å². The minimum absolute atomic E-state index is 0.00961. The second kappa shape index (κ2) is 8.93. The molecule has 2 nitrogen and oxygen atoms in total. The van der Waals surface area contributed by atoms with E-state index in [1.165, 1.54) is 88.0 Å². The van der Waals surface area contributed by atoms with Gasteiger partial charge >= 0.3 is 6.85 Å². The van der Waals surface area contributed by atoms with Gasteiger partial charge in [0, 0.05) is 43.7 Å². The molecule has 1 aliphatic heterocycles. The van der Waals surface area contributed by atoms with Crippen LogP contribution >= 0.6 is 0 Å². The summed E-state index contributed by atoms with van der Waals surface area (Å²) in [5, 5.41) is 5.17. The first-order chi connectivity index (χ1) is 23.2. The Bertz CT molecular complexity index is 2770. The smallest absolute Gasteiger partial charge is 0.328 e. The number of fused-ring (bicyclic) bond motifs is 12. The number of benzene rings is 7. The van der Waals surface area contributed by atoms with Crippen molar-refractivity contribution in [1.29, 1.82) is 0 Å². The molecule has 1 unspecified atom stereocenters. The largest absolute Gasteiger partial charge is 0.375 e. The van der Waals surface area contributed by atoms with E-state index in [4.69, 9.17) is 0 Å². The Balaban J connectivity index is 1.35. The van der Waals surface area contributed by atoms with Crippen molar-refractivity contribution in [3.63, 3.8) is 0 Å². The molecule has 1 aliphatic carbocycles. The summed E-state index contributed by atoms with van der Waals surface area (Å²) in [5.74, 6) is 0. The van der Waals surface area contributed by atoms with Gasteiger partial charge in [-0.05, 0) is 76.0 Å². The molecule has 2 aliphatic rings. The second-order valence-electron chi connectivity index (χ2n) is 13.4. The molecule has 3 heterocycles. The normalized spacial score (nSPS) is 16.2. The lowest BCUT2D eigenvalue weighted by Crippen LogP contribution is -2.58. The Kier molecular flexibility index (Phi) is 4.82. The van der Waals surface area contributed by atoms with E-state index in [1.807, 2.05) is 0 Å². The van der Waals surface area contributed by atoms with Crippen molar-refractivity contribution in [3.8, 4) is 16.8 Å². The third-order valence-corrected chi connectivity index (χ3v) is 11.2. The van der Waals surface area contributed by atoms with Gasteiger partial charge in [0.25, 0.3) is 0 Å². The lowest BCUT2D eigenvalue weighted by molar-refractivity contribution is 0.718. The highest BCUT2D eigenvalue weighted by Crippen LogP contribution is 2.53. The van der Waals surface area contributed by atoms with Crippen molar-refractivity contribution in [2.24, 2.45) is 0 Å². The third-order valence-electron chi connectivity index (χ3n) is 11.2. The maximum absolute atomic E-state index is 2.69. The van der Waals surface area contributed by atoms with Crippen LogP contribution in [0.1, 0.15) is 23.6 Å². The van der Waals surface area contributed by atoms with Gasteiger partial charge in [-0.1, -0.05) is 127 Å². The molecule has 2 aromatic heterocycles. The first-order valence-electron chi connectivity index (χ1n) is 16.6. The summed E-state index contributed by atoms with van der Waals surface area (Å²) in [6.07, 6.45) is 0. The van der Waals surface area contributed by atoms with Gasteiger partial charge in [0.05, 0.1) is 11.0 Å². The third kappa shape index (κ3) is 3.03. The van der Waals surface area contributed by atoms with Gasteiger partial charge in [-0.25, -0.2) is 0 Å². The van der Waals surface area contributed by atoms with Crippen molar-refractivity contribution in [2.45, 2.75) is 12.3 Å². The summed E-state index contributed by atoms with van der Waals surface area (Å²) >= 11 is 0. The van der Waals surface area contributed by atoms with E-state index in [-0.39, 0.29) is 12.3 Å². The lowest BCUT2D eigenvalue weighted by atomic mass is 9.41. The van der Waals surface area contributed by atoms with E-state index in [9.17, 15) is 0 Å². The van der Waals surface area contributed by atoms with Crippen LogP contribution in [0.25, 0.3) is 60.4 Å². The SMILES string of the molecule is CC12c3ccccc3B(n3c4ccccc4c4ccc5c(c6ccccc6n5-c5ccccc5)c43)c3cccc(c31)-c1ccccc12. The van der Waals surface area contributed by atoms with Crippen molar-refractivity contribution >= 4 is 61.4 Å². The summed E-state index contributed by atoms with van der Waals surface area (Å²) < 4.78 is 5.13. The molecular formula is C44H29BN2. The average molecular weight is 597 g/mol. The maximum Gasteiger partial charge on any atom is 0.328 e. The number of nitrogens with zero attached hydrogens (tertiary/aromatic N) is 2. The summed E-state index contributed by atoms with van der Waals surface area (Å²) in [6, 6.07) is 58.7. The van der Waals surface area contributed by atoms with Gasteiger partial charge in [0.15, 0.2) is 0 Å². The van der Waals surface area contributed by atoms with E-state index in [0.717, 1.165) is 0 Å². The Morgan fingerprint density at radius 2 is 1.13 bits per heavy atom. The first kappa shape index (κ1) is 25.4. The number of aromatic nitrogens is 2. The Labute approximate surface area is 273 Å². The number of hydrogen-bond donors (Lipinski definition) is 0. The molecule has 7 aromatic carbocycles. The molecule has 47 heavy (non-hydrogen) atoms. The van der Waals surface area contributed by atoms with Crippen LogP contribution in [0.5, 0.6) is 0 Å². The zero-order chi connectivity index (χ0) is 30.9. The molecule has 9 aromatic rings. The summed E-state index contributed by atoms with van der Waals surface area (Å²) in [4.78, 5) is 0. The molecule has 0 amide bonds. The molecule has 3 heteroatoms. The van der Waals surface area contributed by atoms with Crippen LogP contribution < -0.4 is 10.9 Å². The highest BCUT2D eigenvalue weighted by Gasteiger charge is 2.50. The fraction of sp³-hybridized carbons (Fsp3) is 0.0455. The summed E-state index contributed by atoms with van der Waals surface area (Å²) in [5.41, 5.74) is 15.7.